The quantitative estimate of drug-likeness (QED) is 0.302. The molecular weight excluding hydrogens is 449 g/mol. The molecule has 0 bridgehead atoms. The highest BCUT2D eigenvalue weighted by Gasteiger charge is 2.29. The number of carbonyl (C=O) groups is 2. The second kappa shape index (κ2) is 10.8. The fourth-order valence-corrected chi connectivity index (χ4v) is 2.99. The summed E-state index contributed by atoms with van der Waals surface area (Å²) < 4.78 is 21.5. The molecule has 0 N–H and O–H groups in total. The molecule has 1 atom stereocenters. The van der Waals surface area contributed by atoms with Gasteiger partial charge in [0.05, 0.1) is 39.1 Å². The predicted molar refractivity (Wildman–Crippen MR) is 116 cm³/mol. The number of hydrogen-bond donors (Lipinski definition) is 0. The zero-order valence-electron chi connectivity index (χ0n) is 17.5. The number of carbonyl (C=O) groups excluding carboxylic acids is 2. The summed E-state index contributed by atoms with van der Waals surface area (Å²) in [5, 5.41) is 8.11. The van der Waals surface area contributed by atoms with Crippen LogP contribution in [0, 0.1) is 0 Å². The number of methoxy groups -OCH3 is 4. The van der Waals surface area contributed by atoms with Crippen molar-refractivity contribution in [1.29, 1.82) is 0 Å². The van der Waals surface area contributed by atoms with Crippen molar-refractivity contribution in [3.05, 3.63) is 35.4 Å². The van der Waals surface area contributed by atoms with Gasteiger partial charge in [0.1, 0.15) is 22.9 Å². The second-order valence-corrected chi connectivity index (χ2v) is 6.83. The minimum absolute atomic E-state index is 0.176. The van der Waals surface area contributed by atoms with E-state index in [0.29, 0.717) is 17.2 Å². The number of Topliss-reactive ketones (excluding diaryl/α,β-unsaturated/α-hetero) is 1. The van der Waals surface area contributed by atoms with E-state index in [2.05, 4.69) is 10.2 Å². The Morgan fingerprint density at radius 1 is 0.903 bits per heavy atom. The first-order valence-corrected chi connectivity index (χ1v) is 9.52. The van der Waals surface area contributed by atoms with E-state index in [4.69, 9.17) is 42.3 Å². The Hall–Kier alpha value is -3.04. The van der Waals surface area contributed by atoms with Crippen LogP contribution in [-0.4, -0.2) is 46.2 Å². The average molecular weight is 470 g/mol. The molecule has 166 valence electrons. The number of rotatable bonds is 9. The lowest BCUT2D eigenvalue weighted by molar-refractivity contribution is -0.126. The molecule has 0 saturated heterocycles. The van der Waals surface area contributed by atoms with E-state index in [1.54, 1.807) is 6.07 Å². The highest BCUT2D eigenvalue weighted by Crippen LogP contribution is 2.39. The maximum atomic E-state index is 12.9. The molecule has 0 aliphatic heterocycles. The van der Waals surface area contributed by atoms with Crippen LogP contribution < -0.4 is 23.4 Å². The van der Waals surface area contributed by atoms with E-state index in [-0.39, 0.29) is 22.1 Å². The van der Waals surface area contributed by atoms with Crippen LogP contribution in [0.4, 0.5) is 11.4 Å². The Labute approximate surface area is 189 Å². The maximum absolute atomic E-state index is 12.9. The van der Waals surface area contributed by atoms with Gasteiger partial charge in [0.15, 0.2) is 11.5 Å². The first-order chi connectivity index (χ1) is 14.7. The second-order valence-electron chi connectivity index (χ2n) is 6.08. The molecule has 0 fully saturated rings. The van der Waals surface area contributed by atoms with Crippen LogP contribution in [0.5, 0.6) is 23.0 Å². The maximum Gasteiger partial charge on any atom is 0.276 e. The highest BCUT2D eigenvalue weighted by molar-refractivity contribution is 6.39. The Balaban J connectivity index is 2.40. The molecule has 0 radical (unpaired) electrons. The van der Waals surface area contributed by atoms with Crippen LogP contribution in [0.15, 0.2) is 40.6 Å². The summed E-state index contributed by atoms with van der Waals surface area (Å²) in [5.74, 6) is 0.0339. The van der Waals surface area contributed by atoms with Crippen LogP contribution in [0.2, 0.25) is 5.02 Å². The van der Waals surface area contributed by atoms with E-state index in [1.807, 2.05) is 0 Å². The van der Waals surface area contributed by atoms with Gasteiger partial charge in [-0.1, -0.05) is 11.6 Å². The molecule has 2 aromatic rings. The lowest BCUT2D eigenvalue weighted by Gasteiger charge is -2.18. The normalized spacial score (nSPS) is 11.7. The molecule has 31 heavy (non-hydrogen) atoms. The Kier molecular flexibility index (Phi) is 8.47. The molecule has 0 aliphatic rings. The van der Waals surface area contributed by atoms with Crippen molar-refractivity contribution in [2.24, 2.45) is 10.2 Å². The van der Waals surface area contributed by atoms with Crippen LogP contribution >= 0.6 is 23.4 Å². The summed E-state index contributed by atoms with van der Waals surface area (Å²) in [5.41, 5.74) is 0.404. The molecule has 0 aromatic heterocycles. The zero-order valence-corrected chi connectivity index (χ0v) is 19.0. The van der Waals surface area contributed by atoms with E-state index in [9.17, 15) is 9.59 Å². The molecule has 1 amide bonds. The molecule has 0 heterocycles. The van der Waals surface area contributed by atoms with E-state index in [0.717, 1.165) is 4.42 Å². The topological polar surface area (TPSA) is 99.0 Å². The summed E-state index contributed by atoms with van der Waals surface area (Å²) in [7, 11) is 5.77. The van der Waals surface area contributed by atoms with Gasteiger partial charge in [0, 0.05) is 42.1 Å². The zero-order chi connectivity index (χ0) is 23.1. The van der Waals surface area contributed by atoms with Gasteiger partial charge in [-0.05, 0) is 6.92 Å². The van der Waals surface area contributed by atoms with Gasteiger partial charge in [-0.15, -0.1) is 0 Å². The predicted octanol–water partition coefficient (Wildman–Crippen LogP) is 4.60. The number of anilines is 1. The molecule has 0 spiro atoms. The number of nitrogens with zero attached hydrogens (tertiary/aromatic N) is 3. The number of ether oxygens (including phenoxy) is 4. The number of benzene rings is 2. The summed E-state index contributed by atoms with van der Waals surface area (Å²) in [4.78, 5) is 25.0. The van der Waals surface area contributed by atoms with Gasteiger partial charge < -0.3 is 18.9 Å². The van der Waals surface area contributed by atoms with Crippen molar-refractivity contribution in [2.45, 2.75) is 13.0 Å². The van der Waals surface area contributed by atoms with Crippen molar-refractivity contribution in [3.63, 3.8) is 0 Å². The fourth-order valence-electron chi connectivity index (χ4n) is 2.51. The van der Waals surface area contributed by atoms with Gasteiger partial charge in [-0.3, -0.25) is 9.59 Å². The molecule has 2 rings (SSSR count). The van der Waals surface area contributed by atoms with Crippen molar-refractivity contribution in [3.8, 4) is 23.0 Å². The number of hydrogen-bond acceptors (Lipinski definition) is 8. The van der Waals surface area contributed by atoms with Crippen LogP contribution in [0.25, 0.3) is 0 Å². The Morgan fingerprint density at radius 2 is 1.45 bits per heavy atom. The Morgan fingerprint density at radius 3 is 1.94 bits per heavy atom. The number of amides is 1. The van der Waals surface area contributed by atoms with Crippen LogP contribution in [0.3, 0.4) is 0 Å². The van der Waals surface area contributed by atoms with Crippen molar-refractivity contribution < 1.29 is 28.5 Å². The largest absolute Gasteiger partial charge is 0.497 e. The van der Waals surface area contributed by atoms with E-state index in [1.165, 1.54) is 59.6 Å². The lowest BCUT2D eigenvalue weighted by Crippen LogP contribution is -2.36. The molecule has 0 saturated carbocycles. The molecule has 2 aromatic carbocycles. The SMILES string of the molecule is COc1cc(OC)cc(N(Cl)C(=O)C(N=Nc2cc(OC)cc(Cl)c2OC)C(C)=O)c1. The summed E-state index contributed by atoms with van der Waals surface area (Å²) in [6.45, 7) is 1.20. The van der Waals surface area contributed by atoms with Crippen molar-refractivity contribution in [1.82, 2.24) is 0 Å². The third kappa shape index (κ3) is 5.77. The third-order valence-corrected chi connectivity index (χ3v) is 4.74. The lowest BCUT2D eigenvalue weighted by atomic mass is 10.2. The highest BCUT2D eigenvalue weighted by atomic mass is 35.5. The van der Waals surface area contributed by atoms with Crippen LogP contribution in [-0.2, 0) is 9.59 Å². The minimum atomic E-state index is -1.51. The monoisotopic (exact) mass is 469 g/mol. The smallest absolute Gasteiger partial charge is 0.276 e. The number of azo groups is 1. The van der Waals surface area contributed by atoms with Crippen molar-refractivity contribution in [2.75, 3.05) is 32.9 Å². The van der Waals surface area contributed by atoms with Gasteiger partial charge in [-0.25, -0.2) is 4.42 Å². The van der Waals surface area contributed by atoms with E-state index >= 15 is 0 Å². The van der Waals surface area contributed by atoms with E-state index < -0.39 is 17.7 Å². The summed E-state index contributed by atoms with van der Waals surface area (Å²) in [6.07, 6.45) is 0. The number of ketones is 1. The van der Waals surface area contributed by atoms with Gasteiger partial charge in [0.25, 0.3) is 5.91 Å². The third-order valence-electron chi connectivity index (χ3n) is 4.09. The van der Waals surface area contributed by atoms with Gasteiger partial charge in [0.2, 0.25) is 6.04 Å². The average Bonchev–Trinajstić information content (AvgIpc) is 2.77. The summed E-state index contributed by atoms with van der Waals surface area (Å²) >= 11 is 12.4. The standard InChI is InChI=1S/C20H21Cl2N3O6/c1-11(26)18(24-23-17-10-15(30-4)9-16(21)19(17)31-5)20(27)25(22)12-6-13(28-2)8-14(7-12)29-3/h6-10,18H,1-5H3. The van der Waals surface area contributed by atoms with Crippen molar-refractivity contribution >= 4 is 46.4 Å². The number of halogens is 2. The first kappa shape index (κ1) is 24.2. The van der Waals surface area contributed by atoms with Gasteiger partial charge in [-0.2, -0.15) is 10.2 Å². The molecule has 11 heteroatoms. The molecule has 9 nitrogen and oxygen atoms in total. The molecular formula is C20H21Cl2N3O6. The fraction of sp³-hybridized carbons (Fsp3) is 0.300. The molecule has 0 aliphatic carbocycles. The minimum Gasteiger partial charge on any atom is -0.497 e. The first-order valence-electron chi connectivity index (χ1n) is 8.81. The van der Waals surface area contributed by atoms with Crippen LogP contribution in [0.1, 0.15) is 6.92 Å². The Bertz CT molecular complexity index is 977. The summed E-state index contributed by atoms with van der Waals surface area (Å²) in [6, 6.07) is 6.15. The van der Waals surface area contributed by atoms with Gasteiger partial charge >= 0.3 is 0 Å². The molecule has 1 unspecified atom stereocenters.